The van der Waals surface area contributed by atoms with Gasteiger partial charge in [-0.3, -0.25) is 0 Å². The molecule has 1 aliphatic rings. The Balaban J connectivity index is 2.40. The lowest BCUT2D eigenvalue weighted by molar-refractivity contribution is 0.0103. The van der Waals surface area contributed by atoms with E-state index in [1.54, 1.807) is 12.1 Å². The Morgan fingerprint density at radius 3 is 2.10 bits per heavy atom. The van der Waals surface area contributed by atoms with Gasteiger partial charge in [-0.25, -0.2) is 4.39 Å². The molecule has 1 aromatic rings. The highest BCUT2D eigenvalue weighted by atomic mass is 19.1. The first-order chi connectivity index (χ1) is 9.35. The lowest BCUT2D eigenvalue weighted by Crippen LogP contribution is -2.29. The first-order valence-electron chi connectivity index (χ1n) is 7.80. The highest BCUT2D eigenvalue weighted by Gasteiger charge is 2.42. The minimum atomic E-state index is -0.465. The van der Waals surface area contributed by atoms with Crippen LogP contribution < -0.4 is 0 Å². The summed E-state index contributed by atoms with van der Waals surface area (Å²) in [5, 5.41) is 11.0. The first-order valence-corrected chi connectivity index (χ1v) is 7.80. The maximum atomic E-state index is 13.5. The SMILES string of the molecule is Cc1cc(F)cc(C)c1C(O)C1(CC(C)C)CCCC1. The van der Waals surface area contributed by atoms with Crippen molar-refractivity contribution in [2.24, 2.45) is 11.3 Å². The fourth-order valence-corrected chi connectivity index (χ4v) is 4.14. The van der Waals surface area contributed by atoms with Crippen LogP contribution in [0.25, 0.3) is 0 Å². The molecule has 0 heterocycles. The summed E-state index contributed by atoms with van der Waals surface area (Å²) >= 11 is 0. The van der Waals surface area contributed by atoms with Gasteiger partial charge in [0.1, 0.15) is 5.82 Å². The van der Waals surface area contributed by atoms with Gasteiger partial charge in [0.15, 0.2) is 0 Å². The molecule has 1 aromatic carbocycles. The van der Waals surface area contributed by atoms with Crippen LogP contribution in [-0.4, -0.2) is 5.11 Å². The molecule has 0 aliphatic heterocycles. The first kappa shape index (κ1) is 15.5. The van der Waals surface area contributed by atoms with Gasteiger partial charge in [0.25, 0.3) is 0 Å². The van der Waals surface area contributed by atoms with Crippen LogP contribution in [0.2, 0.25) is 0 Å². The molecular formula is C18H27FO. The van der Waals surface area contributed by atoms with Gasteiger partial charge in [0.2, 0.25) is 0 Å². The number of aliphatic hydroxyl groups excluding tert-OH is 1. The van der Waals surface area contributed by atoms with Crippen molar-refractivity contribution in [3.63, 3.8) is 0 Å². The monoisotopic (exact) mass is 278 g/mol. The molecule has 1 aliphatic carbocycles. The molecular weight excluding hydrogens is 251 g/mol. The van der Waals surface area contributed by atoms with E-state index in [9.17, 15) is 9.50 Å². The van der Waals surface area contributed by atoms with Gasteiger partial charge in [0.05, 0.1) is 6.10 Å². The van der Waals surface area contributed by atoms with Crippen molar-refractivity contribution >= 4 is 0 Å². The molecule has 1 nitrogen and oxygen atoms in total. The van der Waals surface area contributed by atoms with Gasteiger partial charge >= 0.3 is 0 Å². The zero-order valence-corrected chi connectivity index (χ0v) is 13.2. The Kier molecular flexibility index (Phi) is 4.53. The van der Waals surface area contributed by atoms with Crippen molar-refractivity contribution in [3.8, 4) is 0 Å². The van der Waals surface area contributed by atoms with Crippen LogP contribution >= 0.6 is 0 Å². The van der Waals surface area contributed by atoms with Crippen LogP contribution in [-0.2, 0) is 0 Å². The Hall–Kier alpha value is -0.890. The standard InChI is InChI=1S/C18H27FO/c1-12(2)11-18(7-5-6-8-18)17(20)16-13(3)9-15(19)10-14(16)4/h9-10,12,17,20H,5-8,11H2,1-4H3. The summed E-state index contributed by atoms with van der Waals surface area (Å²) in [6.45, 7) is 8.26. The zero-order chi connectivity index (χ0) is 14.9. The highest BCUT2D eigenvalue weighted by Crippen LogP contribution is 2.52. The molecule has 0 bridgehead atoms. The molecule has 1 N–H and O–H groups in total. The van der Waals surface area contributed by atoms with E-state index in [0.29, 0.717) is 5.92 Å². The van der Waals surface area contributed by atoms with Crippen LogP contribution in [0.15, 0.2) is 12.1 Å². The van der Waals surface area contributed by atoms with Crippen molar-refractivity contribution in [3.05, 3.63) is 34.6 Å². The van der Waals surface area contributed by atoms with Crippen LogP contribution in [0.1, 0.15) is 68.7 Å². The third kappa shape index (κ3) is 2.90. The van der Waals surface area contributed by atoms with Crippen LogP contribution in [0.4, 0.5) is 4.39 Å². The average molecular weight is 278 g/mol. The minimum Gasteiger partial charge on any atom is -0.388 e. The highest BCUT2D eigenvalue weighted by molar-refractivity contribution is 5.37. The van der Waals surface area contributed by atoms with E-state index >= 15 is 0 Å². The maximum absolute atomic E-state index is 13.5. The number of rotatable bonds is 4. The summed E-state index contributed by atoms with van der Waals surface area (Å²) in [6.07, 6.45) is 5.15. The fourth-order valence-electron chi connectivity index (χ4n) is 4.14. The van der Waals surface area contributed by atoms with Crippen molar-refractivity contribution in [1.82, 2.24) is 0 Å². The number of halogens is 1. The molecule has 0 radical (unpaired) electrons. The van der Waals surface area contributed by atoms with Gasteiger partial charge in [-0.15, -0.1) is 0 Å². The van der Waals surface area contributed by atoms with E-state index in [4.69, 9.17) is 0 Å². The second-order valence-electron chi connectivity index (χ2n) is 7.02. The van der Waals surface area contributed by atoms with Crippen molar-refractivity contribution < 1.29 is 9.50 Å². The number of hydrogen-bond acceptors (Lipinski definition) is 1. The van der Waals surface area contributed by atoms with Crippen molar-refractivity contribution in [1.29, 1.82) is 0 Å². The molecule has 1 saturated carbocycles. The Morgan fingerprint density at radius 1 is 1.15 bits per heavy atom. The van der Waals surface area contributed by atoms with E-state index < -0.39 is 6.10 Å². The summed E-state index contributed by atoms with van der Waals surface area (Å²) in [7, 11) is 0. The fraction of sp³-hybridized carbons (Fsp3) is 0.667. The molecule has 1 atom stereocenters. The third-order valence-corrected chi connectivity index (χ3v) is 4.83. The van der Waals surface area contributed by atoms with Gasteiger partial charge < -0.3 is 5.11 Å². The molecule has 0 amide bonds. The molecule has 0 saturated heterocycles. The second kappa shape index (κ2) is 5.85. The van der Waals surface area contributed by atoms with Gasteiger partial charge in [-0.05, 0) is 67.9 Å². The molecule has 1 unspecified atom stereocenters. The second-order valence-corrected chi connectivity index (χ2v) is 7.02. The van der Waals surface area contributed by atoms with E-state index in [-0.39, 0.29) is 11.2 Å². The number of aryl methyl sites for hydroxylation is 2. The third-order valence-electron chi connectivity index (χ3n) is 4.83. The van der Waals surface area contributed by atoms with E-state index in [0.717, 1.165) is 36.0 Å². The quantitative estimate of drug-likeness (QED) is 0.814. The summed E-state index contributed by atoms with van der Waals surface area (Å²) in [5.74, 6) is 0.365. The Morgan fingerprint density at radius 2 is 1.65 bits per heavy atom. The van der Waals surface area contributed by atoms with Crippen molar-refractivity contribution in [2.45, 2.75) is 65.9 Å². The summed E-state index contributed by atoms with van der Waals surface area (Å²) in [4.78, 5) is 0. The predicted octanol–water partition coefficient (Wildman–Crippen LogP) is 5.08. The molecule has 20 heavy (non-hydrogen) atoms. The van der Waals surface area contributed by atoms with Crippen molar-refractivity contribution in [2.75, 3.05) is 0 Å². The summed E-state index contributed by atoms with van der Waals surface area (Å²) in [5.41, 5.74) is 2.70. The summed E-state index contributed by atoms with van der Waals surface area (Å²) in [6, 6.07) is 3.09. The molecule has 1 fully saturated rings. The zero-order valence-electron chi connectivity index (χ0n) is 13.2. The maximum Gasteiger partial charge on any atom is 0.123 e. The average Bonchev–Trinajstić information content (AvgIpc) is 2.76. The Labute approximate surface area is 122 Å². The smallest absolute Gasteiger partial charge is 0.123 e. The number of aliphatic hydroxyl groups is 1. The predicted molar refractivity (Wildman–Crippen MR) is 81.2 cm³/mol. The van der Waals surface area contributed by atoms with Crippen LogP contribution in [0.3, 0.4) is 0 Å². The molecule has 2 heteroatoms. The molecule has 112 valence electrons. The number of benzene rings is 1. The summed E-state index contributed by atoms with van der Waals surface area (Å²) < 4.78 is 13.5. The van der Waals surface area contributed by atoms with E-state index in [1.807, 2.05) is 13.8 Å². The molecule has 0 aromatic heterocycles. The van der Waals surface area contributed by atoms with E-state index in [1.165, 1.54) is 12.8 Å². The Bertz CT molecular complexity index is 449. The van der Waals surface area contributed by atoms with Gasteiger partial charge in [-0.2, -0.15) is 0 Å². The van der Waals surface area contributed by atoms with Crippen LogP contribution in [0.5, 0.6) is 0 Å². The van der Waals surface area contributed by atoms with Crippen LogP contribution in [0, 0.1) is 31.0 Å². The minimum absolute atomic E-state index is 0.0124. The largest absolute Gasteiger partial charge is 0.388 e. The van der Waals surface area contributed by atoms with E-state index in [2.05, 4.69) is 13.8 Å². The molecule has 2 rings (SSSR count). The lowest BCUT2D eigenvalue weighted by Gasteiger charge is -2.37. The lowest BCUT2D eigenvalue weighted by atomic mass is 9.70. The normalized spacial score (nSPS) is 19.6. The van der Waals surface area contributed by atoms with Gasteiger partial charge in [-0.1, -0.05) is 26.7 Å². The molecule has 0 spiro atoms. The van der Waals surface area contributed by atoms with Gasteiger partial charge in [0, 0.05) is 5.41 Å². The topological polar surface area (TPSA) is 20.2 Å². The number of hydrogen-bond donors (Lipinski definition) is 1.